The zero-order chi connectivity index (χ0) is 18.9. The Hall–Kier alpha value is -2.33. The van der Waals surface area contributed by atoms with Crippen LogP contribution in [0.25, 0.3) is 0 Å². The van der Waals surface area contributed by atoms with Gasteiger partial charge in [-0.15, -0.1) is 0 Å². The molecular weight excluding hydrogens is 338 g/mol. The van der Waals surface area contributed by atoms with E-state index < -0.39 is 0 Å². The second-order valence-corrected chi connectivity index (χ2v) is 6.98. The number of rotatable bonds is 9. The minimum absolute atomic E-state index is 0.0500. The summed E-state index contributed by atoms with van der Waals surface area (Å²) in [7, 11) is 0. The maximum atomic E-state index is 12.9. The summed E-state index contributed by atoms with van der Waals surface area (Å²) < 4.78 is 11.0. The molecule has 0 spiro atoms. The third kappa shape index (κ3) is 5.57. The first-order chi connectivity index (χ1) is 13.3. The van der Waals surface area contributed by atoms with Crippen LogP contribution in [0, 0.1) is 5.92 Å². The van der Waals surface area contributed by atoms with Gasteiger partial charge in [0.1, 0.15) is 12.4 Å². The van der Waals surface area contributed by atoms with E-state index in [-0.39, 0.29) is 11.9 Å². The Balaban J connectivity index is 1.68. The van der Waals surface area contributed by atoms with E-state index in [0.717, 1.165) is 0 Å². The van der Waals surface area contributed by atoms with Gasteiger partial charge in [0.15, 0.2) is 0 Å². The van der Waals surface area contributed by atoms with Crippen LogP contribution in [-0.4, -0.2) is 25.7 Å². The number of hydrogen-bond acceptors (Lipinski definition) is 3. The van der Waals surface area contributed by atoms with E-state index in [1.54, 1.807) is 6.07 Å². The normalized spacial score (nSPS) is 15.4. The van der Waals surface area contributed by atoms with Gasteiger partial charge in [0.2, 0.25) is 0 Å². The van der Waals surface area contributed by atoms with Crippen LogP contribution in [0.4, 0.5) is 0 Å². The lowest BCUT2D eigenvalue weighted by atomic mass is 9.91. The monoisotopic (exact) mass is 367 g/mol. The zero-order valence-electron chi connectivity index (χ0n) is 16.0. The SMILES string of the molecule is CCOCCOc1cccc(C(=O)N[C@H](c2ccccc2)C2CCCC2)c1. The second-order valence-electron chi connectivity index (χ2n) is 6.98. The first-order valence-corrected chi connectivity index (χ1v) is 9.94. The number of hydrogen-bond donors (Lipinski definition) is 1. The third-order valence-electron chi connectivity index (χ3n) is 5.11. The summed E-state index contributed by atoms with van der Waals surface area (Å²) in [6.07, 6.45) is 4.82. The molecule has 0 unspecified atom stereocenters. The van der Waals surface area contributed by atoms with E-state index in [9.17, 15) is 4.79 Å². The lowest BCUT2D eigenvalue weighted by molar-refractivity contribution is 0.0920. The highest BCUT2D eigenvalue weighted by atomic mass is 16.5. The molecule has 2 aromatic carbocycles. The lowest BCUT2D eigenvalue weighted by Gasteiger charge is -2.25. The molecule has 1 atom stereocenters. The van der Waals surface area contributed by atoms with Crippen molar-refractivity contribution in [2.45, 2.75) is 38.6 Å². The molecule has 144 valence electrons. The maximum absolute atomic E-state index is 12.9. The summed E-state index contributed by atoms with van der Waals surface area (Å²) in [4.78, 5) is 12.9. The van der Waals surface area contributed by atoms with Crippen LogP contribution >= 0.6 is 0 Å². The van der Waals surface area contributed by atoms with E-state index in [4.69, 9.17) is 9.47 Å². The molecule has 1 aliphatic rings. The van der Waals surface area contributed by atoms with Crippen LogP contribution in [-0.2, 0) is 4.74 Å². The topological polar surface area (TPSA) is 47.6 Å². The van der Waals surface area contributed by atoms with Gasteiger partial charge in [-0.1, -0.05) is 49.2 Å². The fraction of sp³-hybridized carbons (Fsp3) is 0.435. The molecule has 0 aliphatic heterocycles. The first-order valence-electron chi connectivity index (χ1n) is 9.94. The Kier molecular flexibility index (Phi) is 7.28. The highest BCUT2D eigenvalue weighted by molar-refractivity contribution is 5.94. The maximum Gasteiger partial charge on any atom is 0.251 e. The van der Waals surface area contributed by atoms with Crippen LogP contribution in [0.2, 0.25) is 0 Å². The van der Waals surface area contributed by atoms with Crippen molar-refractivity contribution in [3.8, 4) is 5.75 Å². The molecule has 4 nitrogen and oxygen atoms in total. The lowest BCUT2D eigenvalue weighted by Crippen LogP contribution is -2.32. The predicted molar refractivity (Wildman–Crippen MR) is 107 cm³/mol. The molecule has 4 heteroatoms. The molecule has 1 saturated carbocycles. The Labute approximate surface area is 161 Å². The van der Waals surface area contributed by atoms with Gasteiger partial charge in [0.05, 0.1) is 12.6 Å². The average Bonchev–Trinajstić information content (AvgIpc) is 3.25. The molecule has 27 heavy (non-hydrogen) atoms. The van der Waals surface area contributed by atoms with Gasteiger partial charge in [-0.05, 0) is 49.4 Å². The molecule has 3 rings (SSSR count). The second kappa shape index (κ2) is 10.1. The Morgan fingerprint density at radius 3 is 2.59 bits per heavy atom. The van der Waals surface area contributed by atoms with Crippen LogP contribution in [0.5, 0.6) is 5.75 Å². The molecule has 1 aliphatic carbocycles. The third-order valence-corrected chi connectivity index (χ3v) is 5.11. The molecule has 1 amide bonds. The van der Waals surface area contributed by atoms with Crippen LogP contribution < -0.4 is 10.1 Å². The Morgan fingerprint density at radius 2 is 1.85 bits per heavy atom. The molecule has 0 radical (unpaired) electrons. The van der Waals surface area contributed by atoms with Crippen molar-refractivity contribution in [1.82, 2.24) is 5.32 Å². The van der Waals surface area contributed by atoms with Crippen molar-refractivity contribution >= 4 is 5.91 Å². The van der Waals surface area contributed by atoms with E-state index in [1.807, 2.05) is 43.3 Å². The van der Waals surface area contributed by atoms with E-state index in [2.05, 4.69) is 17.4 Å². The van der Waals surface area contributed by atoms with Gasteiger partial charge in [0.25, 0.3) is 5.91 Å². The smallest absolute Gasteiger partial charge is 0.251 e. The fourth-order valence-corrected chi connectivity index (χ4v) is 3.74. The van der Waals surface area contributed by atoms with Crippen LogP contribution in [0.1, 0.15) is 54.6 Å². The quantitative estimate of drug-likeness (QED) is 0.650. The van der Waals surface area contributed by atoms with Crippen molar-refractivity contribution in [2.75, 3.05) is 19.8 Å². The van der Waals surface area contributed by atoms with Gasteiger partial charge in [-0.25, -0.2) is 0 Å². The summed E-state index contributed by atoms with van der Waals surface area (Å²) in [6, 6.07) is 17.7. The fourth-order valence-electron chi connectivity index (χ4n) is 3.74. The molecule has 0 heterocycles. The van der Waals surface area contributed by atoms with Gasteiger partial charge >= 0.3 is 0 Å². The number of benzene rings is 2. The molecule has 0 aromatic heterocycles. The van der Waals surface area contributed by atoms with Crippen LogP contribution in [0.3, 0.4) is 0 Å². The van der Waals surface area contributed by atoms with Crippen LogP contribution in [0.15, 0.2) is 54.6 Å². The van der Waals surface area contributed by atoms with Crippen molar-refractivity contribution < 1.29 is 14.3 Å². The van der Waals surface area contributed by atoms with Crippen molar-refractivity contribution in [1.29, 1.82) is 0 Å². The van der Waals surface area contributed by atoms with Crippen molar-refractivity contribution in [3.63, 3.8) is 0 Å². The van der Waals surface area contributed by atoms with Gasteiger partial charge in [-0.3, -0.25) is 4.79 Å². The van der Waals surface area contributed by atoms with E-state index in [1.165, 1.54) is 31.2 Å². The van der Waals surface area contributed by atoms with Crippen molar-refractivity contribution in [2.24, 2.45) is 5.92 Å². The van der Waals surface area contributed by atoms with Gasteiger partial charge < -0.3 is 14.8 Å². The van der Waals surface area contributed by atoms with Crippen molar-refractivity contribution in [3.05, 3.63) is 65.7 Å². The number of ether oxygens (including phenoxy) is 2. The summed E-state index contributed by atoms with van der Waals surface area (Å²) in [5.74, 6) is 1.15. The largest absolute Gasteiger partial charge is 0.491 e. The van der Waals surface area contributed by atoms with Gasteiger partial charge in [0, 0.05) is 12.2 Å². The molecule has 1 fully saturated rings. The summed E-state index contributed by atoms with van der Waals surface area (Å²) in [5.41, 5.74) is 1.81. The van der Waals surface area contributed by atoms with E-state index >= 15 is 0 Å². The summed E-state index contributed by atoms with van der Waals surface area (Å²) in [5, 5.41) is 3.28. The summed E-state index contributed by atoms with van der Waals surface area (Å²) in [6.45, 7) is 3.66. The predicted octanol–water partition coefficient (Wildman–Crippen LogP) is 4.76. The van der Waals surface area contributed by atoms with Gasteiger partial charge in [-0.2, -0.15) is 0 Å². The highest BCUT2D eigenvalue weighted by Crippen LogP contribution is 2.35. The Bertz CT molecular complexity index is 711. The summed E-state index contributed by atoms with van der Waals surface area (Å²) >= 11 is 0. The zero-order valence-corrected chi connectivity index (χ0v) is 16.0. The molecule has 2 aromatic rings. The molecule has 0 saturated heterocycles. The minimum atomic E-state index is -0.0500. The number of carbonyl (C=O) groups is 1. The molecule has 1 N–H and O–H groups in total. The number of amides is 1. The minimum Gasteiger partial charge on any atom is -0.491 e. The average molecular weight is 367 g/mol. The molecular formula is C23H29NO3. The number of carbonyl (C=O) groups excluding carboxylic acids is 1. The number of nitrogens with one attached hydrogen (secondary N) is 1. The first kappa shape index (κ1) is 19.4. The van der Waals surface area contributed by atoms with E-state index in [0.29, 0.717) is 37.1 Å². The Morgan fingerprint density at radius 1 is 1.07 bits per heavy atom. The highest BCUT2D eigenvalue weighted by Gasteiger charge is 2.28. The standard InChI is InChI=1S/C23H29NO3/c1-2-26-15-16-27-21-14-8-13-20(17-21)23(25)24-22(19-11-6-7-12-19)18-9-4-3-5-10-18/h3-5,8-10,13-14,17,19,22H,2,6-7,11-12,15-16H2,1H3,(H,24,25)/t22-/m1/s1. The molecule has 0 bridgehead atoms.